The van der Waals surface area contributed by atoms with Crippen LogP contribution in [-0.4, -0.2) is 26.9 Å². The average Bonchev–Trinajstić information content (AvgIpc) is 2.75. The SMILES string of the molecule is Cc1ccc(NS(=O)(=O)CC2CCCO2)cc1Br. The average molecular weight is 334 g/mol. The van der Waals surface area contributed by atoms with Crippen LogP contribution in [0.25, 0.3) is 0 Å². The standard InChI is InChI=1S/C12H16BrNO3S/c1-9-4-5-10(7-12(9)13)14-18(15,16)8-11-3-2-6-17-11/h4-5,7,11,14H,2-3,6,8H2,1H3. The zero-order valence-corrected chi connectivity index (χ0v) is 12.6. The predicted octanol–water partition coefficient (Wildman–Crippen LogP) is 2.68. The van der Waals surface area contributed by atoms with Gasteiger partial charge in [-0.05, 0) is 37.5 Å². The van der Waals surface area contributed by atoms with Crippen molar-refractivity contribution in [1.82, 2.24) is 0 Å². The minimum atomic E-state index is -3.34. The molecule has 1 aliphatic rings. The second-order valence-corrected chi connectivity index (χ2v) is 7.10. The van der Waals surface area contributed by atoms with Gasteiger partial charge in [-0.1, -0.05) is 22.0 Å². The van der Waals surface area contributed by atoms with E-state index in [1.807, 2.05) is 13.0 Å². The lowest BCUT2D eigenvalue weighted by atomic mass is 10.2. The lowest BCUT2D eigenvalue weighted by molar-refractivity contribution is 0.127. The maximum absolute atomic E-state index is 11.9. The van der Waals surface area contributed by atoms with Gasteiger partial charge in [0, 0.05) is 16.8 Å². The molecule has 100 valence electrons. The molecule has 1 unspecified atom stereocenters. The fourth-order valence-corrected chi connectivity index (χ4v) is 3.60. The van der Waals surface area contributed by atoms with Crippen LogP contribution in [0.2, 0.25) is 0 Å². The van der Waals surface area contributed by atoms with E-state index in [4.69, 9.17) is 4.74 Å². The first-order valence-corrected chi connectivity index (χ1v) is 8.29. The summed E-state index contributed by atoms with van der Waals surface area (Å²) < 4.78 is 32.7. The van der Waals surface area contributed by atoms with E-state index in [-0.39, 0.29) is 11.9 Å². The molecule has 0 radical (unpaired) electrons. The molecule has 6 heteroatoms. The van der Waals surface area contributed by atoms with Crippen molar-refractivity contribution in [1.29, 1.82) is 0 Å². The highest BCUT2D eigenvalue weighted by molar-refractivity contribution is 9.10. The summed E-state index contributed by atoms with van der Waals surface area (Å²) in [4.78, 5) is 0. The van der Waals surface area contributed by atoms with Gasteiger partial charge in [0.05, 0.1) is 11.9 Å². The first-order valence-electron chi connectivity index (χ1n) is 5.84. The van der Waals surface area contributed by atoms with Gasteiger partial charge in [0.1, 0.15) is 0 Å². The van der Waals surface area contributed by atoms with E-state index in [1.165, 1.54) is 0 Å². The monoisotopic (exact) mass is 333 g/mol. The fraction of sp³-hybridized carbons (Fsp3) is 0.500. The number of rotatable bonds is 4. The van der Waals surface area contributed by atoms with Crippen LogP contribution in [0.15, 0.2) is 22.7 Å². The van der Waals surface area contributed by atoms with Gasteiger partial charge >= 0.3 is 0 Å². The van der Waals surface area contributed by atoms with Crippen molar-refractivity contribution < 1.29 is 13.2 Å². The number of hydrogen-bond acceptors (Lipinski definition) is 3. The summed E-state index contributed by atoms with van der Waals surface area (Å²) in [5.74, 6) is 0.0263. The Hall–Kier alpha value is -0.590. The van der Waals surface area contributed by atoms with Crippen LogP contribution >= 0.6 is 15.9 Å². The summed E-state index contributed by atoms with van der Waals surface area (Å²) in [7, 11) is -3.34. The molecule has 0 spiro atoms. The van der Waals surface area contributed by atoms with E-state index in [0.29, 0.717) is 12.3 Å². The van der Waals surface area contributed by atoms with Crippen LogP contribution in [0.5, 0.6) is 0 Å². The molecule has 1 aromatic rings. The number of ether oxygens (including phenoxy) is 1. The number of nitrogens with one attached hydrogen (secondary N) is 1. The molecule has 2 rings (SSSR count). The molecule has 4 nitrogen and oxygen atoms in total. The minimum Gasteiger partial charge on any atom is -0.377 e. The van der Waals surface area contributed by atoms with Crippen molar-refractivity contribution >= 4 is 31.6 Å². The first kappa shape index (κ1) is 13.8. The van der Waals surface area contributed by atoms with E-state index in [9.17, 15) is 8.42 Å². The molecule has 0 aromatic heterocycles. The van der Waals surface area contributed by atoms with E-state index in [1.54, 1.807) is 12.1 Å². The molecule has 1 atom stereocenters. The Morgan fingerprint density at radius 1 is 1.50 bits per heavy atom. The maximum atomic E-state index is 11.9. The molecule has 0 aliphatic carbocycles. The summed E-state index contributed by atoms with van der Waals surface area (Å²) in [6.45, 7) is 2.62. The molecule has 1 heterocycles. The van der Waals surface area contributed by atoms with Crippen molar-refractivity contribution in [3.63, 3.8) is 0 Å². The van der Waals surface area contributed by atoms with Crippen molar-refractivity contribution in [3.05, 3.63) is 28.2 Å². The second-order valence-electron chi connectivity index (χ2n) is 4.48. The van der Waals surface area contributed by atoms with Crippen LogP contribution in [0.4, 0.5) is 5.69 Å². The number of sulfonamides is 1. The normalized spacial score (nSPS) is 20.0. The summed E-state index contributed by atoms with van der Waals surface area (Å²) in [6, 6.07) is 5.39. The molecule has 0 saturated carbocycles. The molecular formula is C12H16BrNO3S. The lowest BCUT2D eigenvalue weighted by Gasteiger charge is -2.12. The van der Waals surface area contributed by atoms with Gasteiger partial charge in [-0.15, -0.1) is 0 Å². The third-order valence-electron chi connectivity index (χ3n) is 2.87. The second kappa shape index (κ2) is 5.59. The van der Waals surface area contributed by atoms with Gasteiger partial charge in [0.2, 0.25) is 10.0 Å². The number of anilines is 1. The zero-order chi connectivity index (χ0) is 13.2. The number of aryl methyl sites for hydroxylation is 1. The Morgan fingerprint density at radius 2 is 2.28 bits per heavy atom. The molecule has 1 aromatic carbocycles. The highest BCUT2D eigenvalue weighted by Crippen LogP contribution is 2.22. The van der Waals surface area contributed by atoms with E-state index < -0.39 is 10.0 Å². The molecule has 1 fully saturated rings. The summed E-state index contributed by atoms with van der Waals surface area (Å²) in [5.41, 5.74) is 1.64. The Morgan fingerprint density at radius 3 is 2.89 bits per heavy atom. The van der Waals surface area contributed by atoms with Gasteiger partial charge in [0.25, 0.3) is 0 Å². The summed E-state index contributed by atoms with van der Waals surface area (Å²) in [5, 5.41) is 0. The topological polar surface area (TPSA) is 55.4 Å². The van der Waals surface area contributed by atoms with Crippen LogP contribution in [0.3, 0.4) is 0 Å². The van der Waals surface area contributed by atoms with E-state index in [2.05, 4.69) is 20.7 Å². The van der Waals surface area contributed by atoms with Gasteiger partial charge < -0.3 is 4.74 Å². The minimum absolute atomic E-state index is 0.0263. The maximum Gasteiger partial charge on any atom is 0.235 e. The smallest absolute Gasteiger partial charge is 0.235 e. The van der Waals surface area contributed by atoms with Crippen LogP contribution in [-0.2, 0) is 14.8 Å². The van der Waals surface area contributed by atoms with Crippen LogP contribution in [0, 0.1) is 6.92 Å². The molecule has 18 heavy (non-hydrogen) atoms. The number of halogens is 1. The van der Waals surface area contributed by atoms with Gasteiger partial charge in [0.15, 0.2) is 0 Å². The Labute approximate surface area is 116 Å². The summed E-state index contributed by atoms with van der Waals surface area (Å²) >= 11 is 3.38. The Balaban J connectivity index is 2.04. The Bertz CT molecular complexity index is 524. The molecule has 1 N–H and O–H groups in total. The molecular weight excluding hydrogens is 318 g/mol. The highest BCUT2D eigenvalue weighted by atomic mass is 79.9. The van der Waals surface area contributed by atoms with Gasteiger partial charge in [-0.2, -0.15) is 0 Å². The van der Waals surface area contributed by atoms with Gasteiger partial charge in [-0.3, -0.25) is 4.72 Å². The molecule has 1 aliphatic heterocycles. The third kappa shape index (κ3) is 3.70. The zero-order valence-electron chi connectivity index (χ0n) is 10.1. The first-order chi connectivity index (χ1) is 8.46. The molecule has 1 saturated heterocycles. The van der Waals surface area contributed by atoms with Crippen molar-refractivity contribution in [3.8, 4) is 0 Å². The van der Waals surface area contributed by atoms with Crippen LogP contribution in [0.1, 0.15) is 18.4 Å². The van der Waals surface area contributed by atoms with Crippen molar-refractivity contribution in [2.75, 3.05) is 17.1 Å². The highest BCUT2D eigenvalue weighted by Gasteiger charge is 2.23. The Kier molecular flexibility index (Phi) is 4.29. The number of benzene rings is 1. The van der Waals surface area contributed by atoms with Crippen LogP contribution < -0.4 is 4.72 Å². The predicted molar refractivity (Wildman–Crippen MR) is 75.3 cm³/mol. The van der Waals surface area contributed by atoms with E-state index >= 15 is 0 Å². The molecule has 0 amide bonds. The quantitative estimate of drug-likeness (QED) is 0.921. The third-order valence-corrected chi connectivity index (χ3v) is 5.09. The number of hydrogen-bond donors (Lipinski definition) is 1. The summed E-state index contributed by atoms with van der Waals surface area (Å²) in [6.07, 6.45) is 1.59. The lowest BCUT2D eigenvalue weighted by Crippen LogP contribution is -2.25. The largest absolute Gasteiger partial charge is 0.377 e. The van der Waals surface area contributed by atoms with Crippen molar-refractivity contribution in [2.45, 2.75) is 25.9 Å². The fourth-order valence-electron chi connectivity index (χ4n) is 1.90. The molecule has 0 bridgehead atoms. The van der Waals surface area contributed by atoms with Gasteiger partial charge in [-0.25, -0.2) is 8.42 Å². The van der Waals surface area contributed by atoms with E-state index in [0.717, 1.165) is 22.9 Å². The van der Waals surface area contributed by atoms with Crippen molar-refractivity contribution in [2.24, 2.45) is 0 Å².